The van der Waals surface area contributed by atoms with Crippen LogP contribution in [0.5, 0.6) is 0 Å². The highest BCUT2D eigenvalue weighted by molar-refractivity contribution is 6.01. The van der Waals surface area contributed by atoms with Gasteiger partial charge in [-0.25, -0.2) is 14.9 Å². The van der Waals surface area contributed by atoms with Gasteiger partial charge in [-0.05, 0) is 30.7 Å². The number of amides is 1. The Balaban J connectivity index is 2.20. The van der Waals surface area contributed by atoms with Crippen molar-refractivity contribution in [3.8, 4) is 0 Å². The second-order valence-electron chi connectivity index (χ2n) is 6.08. The molecule has 0 bridgehead atoms. The first kappa shape index (κ1) is 20.6. The first-order valence-electron chi connectivity index (χ1n) is 8.34. The van der Waals surface area contributed by atoms with Crippen molar-refractivity contribution in [1.82, 2.24) is 14.9 Å². The monoisotopic (exact) mass is 412 g/mol. The number of nitrogens with zero attached hydrogens (tertiary/aromatic N) is 2. The predicted octanol–water partition coefficient (Wildman–Crippen LogP) is 3.20. The number of aryl methyl sites for hydroxylation is 1. The summed E-state index contributed by atoms with van der Waals surface area (Å²) < 4.78 is 56.6. The normalized spacial score (nSPS) is 11.7. The van der Waals surface area contributed by atoms with Gasteiger partial charge in [-0.2, -0.15) is 13.2 Å². The Kier molecular flexibility index (Phi) is 5.71. The van der Waals surface area contributed by atoms with Gasteiger partial charge >= 0.3 is 6.18 Å². The number of benzene rings is 1. The van der Waals surface area contributed by atoms with Gasteiger partial charge in [0, 0.05) is 0 Å². The van der Waals surface area contributed by atoms with Crippen LogP contribution in [0, 0.1) is 12.7 Å². The number of halogens is 4. The second kappa shape index (κ2) is 8.05. The number of pyridine rings is 1. The van der Waals surface area contributed by atoms with Crippen molar-refractivity contribution in [2.75, 3.05) is 18.5 Å². The van der Waals surface area contributed by atoms with Crippen LogP contribution in [0.3, 0.4) is 0 Å². The number of alkyl halides is 3. The summed E-state index contributed by atoms with van der Waals surface area (Å²) in [6, 6.07) is 4.86. The molecule has 0 saturated heterocycles. The average molecular weight is 412 g/mol. The van der Waals surface area contributed by atoms with Crippen molar-refractivity contribution in [3.05, 3.63) is 59.3 Å². The van der Waals surface area contributed by atoms with E-state index in [1.807, 2.05) is 5.48 Å². The highest BCUT2D eigenvalue weighted by atomic mass is 19.4. The van der Waals surface area contributed by atoms with Gasteiger partial charge in [0.25, 0.3) is 5.91 Å². The fourth-order valence-corrected chi connectivity index (χ4v) is 2.71. The second-order valence-corrected chi connectivity index (χ2v) is 6.08. The number of anilines is 2. The fraction of sp³-hybridized carbons (Fsp3) is 0.222. The lowest BCUT2D eigenvalue weighted by Gasteiger charge is -2.19. The van der Waals surface area contributed by atoms with Crippen LogP contribution in [0.25, 0.3) is 5.52 Å². The Labute approximate surface area is 161 Å². The molecule has 7 nitrogen and oxygen atoms in total. The van der Waals surface area contributed by atoms with Gasteiger partial charge in [0.2, 0.25) is 0 Å². The van der Waals surface area contributed by atoms with E-state index in [9.17, 15) is 22.4 Å². The molecule has 0 aliphatic carbocycles. The number of rotatable bonds is 6. The van der Waals surface area contributed by atoms with E-state index < -0.39 is 35.6 Å². The molecule has 0 aliphatic heterocycles. The minimum atomic E-state index is -4.89. The van der Waals surface area contributed by atoms with Crippen molar-refractivity contribution in [1.29, 1.82) is 0 Å². The third kappa shape index (κ3) is 4.30. The number of hydrogen-bond acceptors (Lipinski definition) is 5. The number of hydrogen-bond donors (Lipinski definition) is 3. The summed E-state index contributed by atoms with van der Waals surface area (Å²) >= 11 is 0. The third-order valence-corrected chi connectivity index (χ3v) is 3.97. The van der Waals surface area contributed by atoms with E-state index in [1.54, 1.807) is 13.0 Å². The van der Waals surface area contributed by atoms with E-state index >= 15 is 0 Å². The number of hydroxylamine groups is 1. The Hall–Kier alpha value is -3.18. The molecule has 2 aromatic heterocycles. The van der Waals surface area contributed by atoms with Gasteiger partial charge in [0.15, 0.2) is 0 Å². The Morgan fingerprint density at radius 3 is 2.72 bits per heavy atom. The van der Waals surface area contributed by atoms with E-state index in [0.29, 0.717) is 5.56 Å². The lowest BCUT2D eigenvalue weighted by atomic mass is 10.1. The van der Waals surface area contributed by atoms with Crippen molar-refractivity contribution in [2.24, 2.45) is 0 Å². The summed E-state index contributed by atoms with van der Waals surface area (Å²) in [6.07, 6.45) is -2.52. The summed E-state index contributed by atoms with van der Waals surface area (Å²) in [7, 11) is 0. The molecule has 1 amide bonds. The van der Waals surface area contributed by atoms with Gasteiger partial charge < -0.3 is 10.4 Å². The van der Waals surface area contributed by atoms with Crippen LogP contribution in [-0.4, -0.2) is 33.6 Å². The zero-order valence-corrected chi connectivity index (χ0v) is 15.0. The first-order valence-corrected chi connectivity index (χ1v) is 8.34. The Morgan fingerprint density at radius 2 is 2.07 bits per heavy atom. The topological polar surface area (TPSA) is 87.9 Å². The molecule has 2 heterocycles. The van der Waals surface area contributed by atoms with E-state index in [4.69, 9.17) is 5.11 Å². The molecule has 11 heteroatoms. The van der Waals surface area contributed by atoms with Gasteiger partial charge in [-0.1, -0.05) is 6.07 Å². The average Bonchev–Trinajstić information content (AvgIpc) is 3.11. The molecular weight excluding hydrogens is 396 g/mol. The maximum atomic E-state index is 14.3. The molecule has 3 N–H and O–H groups in total. The van der Waals surface area contributed by atoms with Crippen LogP contribution in [-0.2, 0) is 11.0 Å². The molecule has 29 heavy (non-hydrogen) atoms. The molecular formula is C18H16F4N4O3. The molecule has 3 aromatic rings. The summed E-state index contributed by atoms with van der Waals surface area (Å²) in [6.45, 7) is 0.880. The largest absolute Gasteiger partial charge is 0.417 e. The van der Waals surface area contributed by atoms with Crippen LogP contribution in [0.15, 0.2) is 36.8 Å². The number of aromatic nitrogens is 2. The number of fused-ring (bicyclic) bond motifs is 1. The van der Waals surface area contributed by atoms with Crippen molar-refractivity contribution in [3.63, 3.8) is 0 Å². The maximum absolute atomic E-state index is 14.3. The molecule has 0 radical (unpaired) electrons. The molecule has 0 aliphatic rings. The number of carbonyl (C=O) groups is 1. The van der Waals surface area contributed by atoms with Crippen molar-refractivity contribution < 1.29 is 32.3 Å². The molecule has 3 rings (SSSR count). The van der Waals surface area contributed by atoms with Gasteiger partial charge in [-0.15, -0.1) is 0 Å². The maximum Gasteiger partial charge on any atom is 0.417 e. The number of nitrogens with one attached hydrogen (secondary N) is 2. The van der Waals surface area contributed by atoms with Gasteiger partial charge in [-0.3, -0.25) is 14.0 Å². The molecule has 0 spiro atoms. The highest BCUT2D eigenvalue weighted by Crippen LogP contribution is 2.37. The SMILES string of the molecule is Cc1ccc(Nc2c(C(=O)NOCCO)c(C(F)(F)F)cc3cncn23)c(F)c1. The number of carbonyl (C=O) groups excluding carboxylic acids is 1. The number of imidazole rings is 1. The smallest absolute Gasteiger partial charge is 0.394 e. The van der Waals surface area contributed by atoms with Crippen LogP contribution >= 0.6 is 0 Å². The van der Waals surface area contributed by atoms with Crippen molar-refractivity contribution in [2.45, 2.75) is 13.1 Å². The van der Waals surface area contributed by atoms with Crippen molar-refractivity contribution >= 4 is 22.9 Å². The quantitative estimate of drug-likeness (QED) is 0.329. The van der Waals surface area contributed by atoms with E-state index in [0.717, 1.165) is 6.07 Å². The van der Waals surface area contributed by atoms with Gasteiger partial charge in [0.1, 0.15) is 18.0 Å². The molecule has 1 aromatic carbocycles. The summed E-state index contributed by atoms with van der Waals surface area (Å²) in [5, 5.41) is 11.3. The lowest BCUT2D eigenvalue weighted by molar-refractivity contribution is -0.138. The number of aliphatic hydroxyl groups excluding tert-OH is 1. The zero-order chi connectivity index (χ0) is 21.2. The standard InChI is InChI=1S/C18H16F4N4O3/c1-10-2-3-14(13(19)6-10)24-16-15(17(28)25-29-5-4-27)12(18(20,21)22)7-11-8-23-9-26(11)16/h2-3,6-9,24,27H,4-5H2,1H3,(H,25,28). The highest BCUT2D eigenvalue weighted by Gasteiger charge is 2.38. The summed E-state index contributed by atoms with van der Waals surface area (Å²) in [4.78, 5) is 21.0. The third-order valence-electron chi connectivity index (χ3n) is 3.97. The van der Waals surface area contributed by atoms with E-state index in [2.05, 4.69) is 15.1 Å². The van der Waals surface area contributed by atoms with Gasteiger partial charge in [0.05, 0.1) is 41.7 Å². The van der Waals surface area contributed by atoms with E-state index in [1.165, 1.54) is 29.1 Å². The first-order chi connectivity index (χ1) is 13.7. The molecule has 0 unspecified atom stereocenters. The molecule has 154 valence electrons. The Morgan fingerprint density at radius 1 is 1.31 bits per heavy atom. The summed E-state index contributed by atoms with van der Waals surface area (Å²) in [5.74, 6) is -2.28. The van der Waals surface area contributed by atoms with Crippen LogP contribution < -0.4 is 10.8 Å². The van der Waals surface area contributed by atoms with E-state index in [-0.39, 0.29) is 23.6 Å². The zero-order valence-electron chi connectivity index (χ0n) is 15.0. The fourth-order valence-electron chi connectivity index (χ4n) is 2.71. The van der Waals surface area contributed by atoms with Crippen LogP contribution in [0.1, 0.15) is 21.5 Å². The lowest BCUT2D eigenvalue weighted by Crippen LogP contribution is -2.29. The minimum absolute atomic E-state index is 0.0418. The molecule has 0 saturated carbocycles. The molecule has 0 fully saturated rings. The Bertz CT molecular complexity index is 1050. The number of aliphatic hydroxyl groups is 1. The summed E-state index contributed by atoms with van der Waals surface area (Å²) in [5.41, 5.74) is 0.299. The predicted molar refractivity (Wildman–Crippen MR) is 95.1 cm³/mol. The van der Waals surface area contributed by atoms with Crippen LogP contribution in [0.2, 0.25) is 0 Å². The minimum Gasteiger partial charge on any atom is -0.394 e. The molecule has 0 atom stereocenters. The van der Waals surface area contributed by atoms with Crippen LogP contribution in [0.4, 0.5) is 29.1 Å².